The molecule has 0 fully saturated rings. The molecule has 0 spiro atoms. The van der Waals surface area contributed by atoms with E-state index < -0.39 is 0 Å². The highest BCUT2D eigenvalue weighted by atomic mass is 79.9. The molecule has 106 valence electrons. The lowest BCUT2D eigenvalue weighted by molar-refractivity contribution is 0.537. The Morgan fingerprint density at radius 3 is 2.70 bits per heavy atom. The van der Waals surface area contributed by atoms with Crippen LogP contribution in [0.15, 0.2) is 38.7 Å². The largest absolute Gasteiger partial charge is 0.398 e. The molecule has 0 radical (unpaired) electrons. The first kappa shape index (κ1) is 14.5. The van der Waals surface area contributed by atoms with Crippen LogP contribution in [0.5, 0.6) is 0 Å². The maximum absolute atomic E-state index is 11.9. The second kappa shape index (κ2) is 6.04. The zero-order valence-corrected chi connectivity index (χ0v) is 12.6. The molecule has 7 heteroatoms. The van der Waals surface area contributed by atoms with E-state index in [1.54, 1.807) is 19.2 Å². The third-order valence-corrected chi connectivity index (χ3v) is 3.87. The van der Waals surface area contributed by atoms with Crippen LogP contribution in [0.4, 0.5) is 5.69 Å². The number of aromatic nitrogens is 3. The third kappa shape index (κ3) is 3.16. The number of anilines is 1. The Morgan fingerprint density at radius 2 is 1.95 bits per heavy atom. The maximum atomic E-state index is 11.9. The molecule has 0 bridgehead atoms. The fourth-order valence-electron chi connectivity index (χ4n) is 1.84. The number of nitrogens with two attached hydrogens (primary N) is 1. The van der Waals surface area contributed by atoms with Crippen molar-refractivity contribution < 1.29 is 0 Å². The van der Waals surface area contributed by atoms with Crippen LogP contribution in [-0.2, 0) is 13.1 Å². The van der Waals surface area contributed by atoms with Crippen molar-refractivity contribution in [3.05, 3.63) is 55.5 Å². The van der Waals surface area contributed by atoms with Gasteiger partial charge in [0, 0.05) is 31.0 Å². The first-order valence-electron chi connectivity index (χ1n) is 6.16. The minimum absolute atomic E-state index is 0.102. The zero-order valence-electron chi connectivity index (χ0n) is 11.0. The fourth-order valence-corrected chi connectivity index (χ4v) is 2.17. The van der Waals surface area contributed by atoms with Crippen molar-refractivity contribution in [2.45, 2.75) is 26.4 Å². The molecule has 2 aromatic heterocycles. The summed E-state index contributed by atoms with van der Waals surface area (Å²) in [6.45, 7) is 2.76. The van der Waals surface area contributed by atoms with E-state index in [2.05, 4.69) is 20.9 Å². The second-order valence-corrected chi connectivity index (χ2v) is 5.28. The first-order chi connectivity index (χ1) is 9.49. The summed E-state index contributed by atoms with van der Waals surface area (Å²) in [5, 5.41) is 0. The highest BCUT2D eigenvalue weighted by Crippen LogP contribution is 2.06. The van der Waals surface area contributed by atoms with E-state index >= 15 is 0 Å². The van der Waals surface area contributed by atoms with Gasteiger partial charge < -0.3 is 10.3 Å². The van der Waals surface area contributed by atoms with Gasteiger partial charge in [0.1, 0.15) is 4.47 Å². The minimum atomic E-state index is -0.113. The van der Waals surface area contributed by atoms with Gasteiger partial charge in [-0.3, -0.25) is 14.2 Å². The Kier molecular flexibility index (Phi) is 4.39. The Balaban J connectivity index is 2.07. The number of aryl methyl sites for hydroxylation is 3. The maximum Gasteiger partial charge on any atom is 0.267 e. The van der Waals surface area contributed by atoms with Crippen LogP contribution in [0.1, 0.15) is 12.1 Å². The van der Waals surface area contributed by atoms with Crippen molar-refractivity contribution in [1.82, 2.24) is 14.1 Å². The summed E-state index contributed by atoms with van der Waals surface area (Å²) in [6.07, 6.45) is 3.76. The smallest absolute Gasteiger partial charge is 0.267 e. The van der Waals surface area contributed by atoms with E-state index in [-0.39, 0.29) is 11.1 Å². The van der Waals surface area contributed by atoms with Crippen LogP contribution in [0, 0.1) is 6.92 Å². The summed E-state index contributed by atoms with van der Waals surface area (Å²) in [5.41, 5.74) is 6.63. The molecule has 0 aliphatic carbocycles. The van der Waals surface area contributed by atoms with E-state index in [0.29, 0.717) is 35.4 Å². The van der Waals surface area contributed by atoms with E-state index in [0.717, 1.165) is 0 Å². The standard InChI is InChI=1S/C13H15BrN4O2/c1-9-12(14)13(20)18(8-16-9)6-2-5-17-7-10(15)3-4-11(17)19/h3-4,7-8H,2,5-6,15H2,1H3. The molecule has 20 heavy (non-hydrogen) atoms. The molecule has 2 heterocycles. The molecule has 0 aliphatic rings. The van der Waals surface area contributed by atoms with Crippen LogP contribution in [0.25, 0.3) is 0 Å². The summed E-state index contributed by atoms with van der Waals surface area (Å²) in [7, 11) is 0. The lowest BCUT2D eigenvalue weighted by Crippen LogP contribution is -2.24. The van der Waals surface area contributed by atoms with Gasteiger partial charge in [-0.25, -0.2) is 4.98 Å². The number of rotatable bonds is 4. The number of halogens is 1. The lowest BCUT2D eigenvalue weighted by atomic mass is 10.3. The summed E-state index contributed by atoms with van der Waals surface area (Å²) in [5.74, 6) is 0. The molecule has 0 amide bonds. The van der Waals surface area contributed by atoms with Crippen LogP contribution in [0.3, 0.4) is 0 Å². The van der Waals surface area contributed by atoms with Gasteiger partial charge in [0.15, 0.2) is 0 Å². The monoisotopic (exact) mass is 338 g/mol. The molecule has 0 aliphatic heterocycles. The average Bonchev–Trinajstić information content (AvgIpc) is 2.42. The Labute approximate surface area is 124 Å². The lowest BCUT2D eigenvalue weighted by Gasteiger charge is -2.09. The highest BCUT2D eigenvalue weighted by Gasteiger charge is 2.05. The SMILES string of the molecule is Cc1ncn(CCCn2cc(N)ccc2=O)c(=O)c1Br. The number of pyridine rings is 1. The molecular weight excluding hydrogens is 324 g/mol. The van der Waals surface area contributed by atoms with Gasteiger partial charge in [-0.1, -0.05) is 0 Å². The topological polar surface area (TPSA) is 82.9 Å². The predicted molar refractivity (Wildman–Crippen MR) is 80.7 cm³/mol. The normalized spacial score (nSPS) is 10.7. The van der Waals surface area contributed by atoms with Crippen LogP contribution < -0.4 is 16.9 Å². The predicted octanol–water partition coefficient (Wildman–Crippen LogP) is 1.15. The van der Waals surface area contributed by atoms with Gasteiger partial charge in [-0.2, -0.15) is 0 Å². The quantitative estimate of drug-likeness (QED) is 0.906. The summed E-state index contributed by atoms with van der Waals surface area (Å²) >= 11 is 3.22. The highest BCUT2D eigenvalue weighted by molar-refractivity contribution is 9.10. The third-order valence-electron chi connectivity index (χ3n) is 2.96. The van der Waals surface area contributed by atoms with E-state index in [1.165, 1.54) is 21.5 Å². The average molecular weight is 339 g/mol. The molecule has 2 rings (SSSR count). The van der Waals surface area contributed by atoms with Crippen molar-refractivity contribution >= 4 is 21.6 Å². The van der Waals surface area contributed by atoms with Crippen LogP contribution >= 0.6 is 15.9 Å². The van der Waals surface area contributed by atoms with Crippen molar-refractivity contribution in [1.29, 1.82) is 0 Å². The van der Waals surface area contributed by atoms with E-state index in [9.17, 15) is 9.59 Å². The Morgan fingerprint density at radius 1 is 1.25 bits per heavy atom. The molecule has 0 saturated heterocycles. The van der Waals surface area contributed by atoms with Crippen LogP contribution in [-0.4, -0.2) is 14.1 Å². The summed E-state index contributed by atoms with van der Waals surface area (Å²) < 4.78 is 3.53. The van der Waals surface area contributed by atoms with Gasteiger partial charge >= 0.3 is 0 Å². The van der Waals surface area contributed by atoms with Gasteiger partial charge in [-0.05, 0) is 35.3 Å². The molecule has 0 aromatic carbocycles. The zero-order chi connectivity index (χ0) is 14.7. The molecule has 2 aromatic rings. The van der Waals surface area contributed by atoms with Gasteiger partial charge in [0.05, 0.1) is 12.0 Å². The molecule has 0 saturated carbocycles. The number of nitrogen functional groups attached to an aromatic ring is 1. The fraction of sp³-hybridized carbons (Fsp3) is 0.308. The molecule has 2 N–H and O–H groups in total. The van der Waals surface area contributed by atoms with E-state index in [4.69, 9.17) is 5.73 Å². The molecule has 6 nitrogen and oxygen atoms in total. The molecular formula is C13H15BrN4O2. The first-order valence-corrected chi connectivity index (χ1v) is 6.96. The van der Waals surface area contributed by atoms with Crippen molar-refractivity contribution in [2.75, 3.05) is 5.73 Å². The number of hydrogen-bond donors (Lipinski definition) is 1. The Bertz CT molecular complexity index is 736. The van der Waals surface area contributed by atoms with Crippen molar-refractivity contribution in [3.63, 3.8) is 0 Å². The molecule has 0 unspecified atom stereocenters. The number of nitrogens with zero attached hydrogens (tertiary/aromatic N) is 3. The second-order valence-electron chi connectivity index (χ2n) is 4.49. The number of hydrogen-bond acceptors (Lipinski definition) is 4. The van der Waals surface area contributed by atoms with E-state index in [1.807, 2.05) is 0 Å². The van der Waals surface area contributed by atoms with Crippen LogP contribution in [0.2, 0.25) is 0 Å². The van der Waals surface area contributed by atoms with Crippen molar-refractivity contribution in [3.8, 4) is 0 Å². The summed E-state index contributed by atoms with van der Waals surface area (Å²) in [6, 6.07) is 3.01. The minimum Gasteiger partial charge on any atom is -0.398 e. The summed E-state index contributed by atoms with van der Waals surface area (Å²) in [4.78, 5) is 27.7. The van der Waals surface area contributed by atoms with Gasteiger partial charge in [0.25, 0.3) is 11.1 Å². The molecule has 0 atom stereocenters. The van der Waals surface area contributed by atoms with Gasteiger partial charge in [0.2, 0.25) is 0 Å². The van der Waals surface area contributed by atoms with Crippen molar-refractivity contribution in [2.24, 2.45) is 0 Å². The van der Waals surface area contributed by atoms with Gasteiger partial charge in [-0.15, -0.1) is 0 Å². The Hall–Kier alpha value is -1.89.